The molecule has 3 heterocycles. The van der Waals surface area contributed by atoms with E-state index in [2.05, 4.69) is 15.8 Å². The topological polar surface area (TPSA) is 67.2 Å². The molecule has 28 heavy (non-hydrogen) atoms. The van der Waals surface area contributed by atoms with Gasteiger partial charge in [0, 0.05) is 25.1 Å². The summed E-state index contributed by atoms with van der Waals surface area (Å²) in [6, 6.07) is 2.10. The molecule has 3 aliphatic rings. The highest BCUT2D eigenvalue weighted by atomic mass is 32.1. The van der Waals surface area contributed by atoms with Crippen molar-refractivity contribution in [3.8, 4) is 0 Å². The van der Waals surface area contributed by atoms with E-state index in [1.54, 1.807) is 17.5 Å². The van der Waals surface area contributed by atoms with Gasteiger partial charge in [0.15, 0.2) is 0 Å². The number of anilines is 1. The number of hydrogen-bond donors (Lipinski definition) is 1. The van der Waals surface area contributed by atoms with Gasteiger partial charge in [0.1, 0.15) is 5.82 Å². The molecule has 1 aliphatic heterocycles. The number of hydrogen-bond acceptors (Lipinski definition) is 4. The van der Waals surface area contributed by atoms with Gasteiger partial charge >= 0.3 is 0 Å². The van der Waals surface area contributed by atoms with Crippen molar-refractivity contribution in [1.82, 2.24) is 14.7 Å². The molecule has 2 aliphatic carbocycles. The predicted molar refractivity (Wildman–Crippen MR) is 109 cm³/mol. The van der Waals surface area contributed by atoms with E-state index in [-0.39, 0.29) is 23.8 Å². The fourth-order valence-corrected chi connectivity index (χ4v) is 5.56. The third kappa shape index (κ3) is 3.36. The van der Waals surface area contributed by atoms with Crippen LogP contribution in [0.2, 0.25) is 0 Å². The molecule has 2 aromatic rings. The van der Waals surface area contributed by atoms with Crippen LogP contribution in [0.15, 0.2) is 17.6 Å². The Hall–Kier alpha value is -2.15. The number of nitrogens with zero attached hydrogens (tertiary/aromatic N) is 3. The molecule has 0 aromatic carbocycles. The van der Waals surface area contributed by atoms with E-state index >= 15 is 0 Å². The van der Waals surface area contributed by atoms with Crippen molar-refractivity contribution in [2.75, 3.05) is 18.4 Å². The van der Waals surface area contributed by atoms with E-state index in [9.17, 15) is 9.59 Å². The van der Waals surface area contributed by atoms with Gasteiger partial charge in [0.05, 0.1) is 17.1 Å². The molecule has 0 spiro atoms. The number of nitrogens with one attached hydrogen (secondary N) is 1. The number of likely N-dealkylation sites (tertiary alicyclic amines) is 1. The van der Waals surface area contributed by atoms with Gasteiger partial charge < -0.3 is 10.2 Å². The normalized spacial score (nSPS) is 20.1. The van der Waals surface area contributed by atoms with Crippen LogP contribution in [0.25, 0.3) is 0 Å². The molecular formula is C21H26N4O2S. The van der Waals surface area contributed by atoms with Crippen LogP contribution >= 0.6 is 11.3 Å². The van der Waals surface area contributed by atoms with Crippen LogP contribution in [0.3, 0.4) is 0 Å². The van der Waals surface area contributed by atoms with Crippen molar-refractivity contribution >= 4 is 29.0 Å². The molecular weight excluding hydrogens is 372 g/mol. The van der Waals surface area contributed by atoms with Crippen molar-refractivity contribution in [3.05, 3.63) is 33.6 Å². The summed E-state index contributed by atoms with van der Waals surface area (Å²) in [6.45, 7) is 1.48. The quantitative estimate of drug-likeness (QED) is 0.855. The lowest BCUT2D eigenvalue weighted by molar-refractivity contribution is -0.117. The van der Waals surface area contributed by atoms with Crippen LogP contribution in [0.5, 0.6) is 0 Å². The molecule has 0 radical (unpaired) electrons. The van der Waals surface area contributed by atoms with E-state index in [1.165, 1.54) is 24.0 Å². The standard InChI is InChI=1S/C21H26N4O2S/c26-20(14-5-6-14)23-18-7-10-22-25(18)16-8-11-24(12-9-16)21(27)19-17-4-2-1-3-15(17)13-28-19/h7,10,13-14,16H,1-6,8-9,11-12H2,(H,23,26). The van der Waals surface area contributed by atoms with Gasteiger partial charge in [0.2, 0.25) is 5.91 Å². The second-order valence-corrected chi connectivity index (χ2v) is 9.10. The minimum absolute atomic E-state index is 0.108. The number of amides is 2. The van der Waals surface area contributed by atoms with E-state index in [1.807, 2.05) is 15.6 Å². The molecule has 6 nitrogen and oxygen atoms in total. The molecule has 2 amide bonds. The summed E-state index contributed by atoms with van der Waals surface area (Å²) in [5.41, 5.74) is 2.70. The number of aryl methyl sites for hydroxylation is 1. The second-order valence-electron chi connectivity index (χ2n) is 8.22. The van der Waals surface area contributed by atoms with Crippen molar-refractivity contribution < 1.29 is 9.59 Å². The number of fused-ring (bicyclic) bond motifs is 1. The minimum Gasteiger partial charge on any atom is -0.338 e. The molecule has 5 rings (SSSR count). The second kappa shape index (κ2) is 7.35. The van der Waals surface area contributed by atoms with Crippen molar-refractivity contribution in [3.63, 3.8) is 0 Å². The Kier molecular flexibility index (Phi) is 4.70. The average Bonchev–Trinajstić information content (AvgIpc) is 3.34. The number of piperidine rings is 1. The molecule has 7 heteroatoms. The molecule has 1 saturated heterocycles. The fraction of sp³-hybridized carbons (Fsp3) is 0.571. The van der Waals surface area contributed by atoms with Gasteiger partial charge in [0.25, 0.3) is 5.91 Å². The molecule has 148 valence electrons. The van der Waals surface area contributed by atoms with Crippen LogP contribution in [0.4, 0.5) is 5.82 Å². The first-order valence-corrected chi connectivity index (χ1v) is 11.3. The maximum absolute atomic E-state index is 13.1. The lowest BCUT2D eigenvalue weighted by atomic mass is 9.93. The summed E-state index contributed by atoms with van der Waals surface area (Å²) < 4.78 is 1.94. The van der Waals surface area contributed by atoms with Gasteiger partial charge in [-0.05, 0) is 67.9 Å². The number of aromatic nitrogens is 2. The van der Waals surface area contributed by atoms with Crippen LogP contribution < -0.4 is 5.32 Å². The zero-order valence-electron chi connectivity index (χ0n) is 16.0. The van der Waals surface area contributed by atoms with Gasteiger partial charge in [-0.25, -0.2) is 4.68 Å². The van der Waals surface area contributed by atoms with E-state index in [4.69, 9.17) is 0 Å². The summed E-state index contributed by atoms with van der Waals surface area (Å²) in [7, 11) is 0. The summed E-state index contributed by atoms with van der Waals surface area (Å²) in [4.78, 5) is 28.1. The minimum atomic E-state index is 0.108. The zero-order chi connectivity index (χ0) is 19.1. The van der Waals surface area contributed by atoms with Crippen molar-refractivity contribution in [1.29, 1.82) is 0 Å². The summed E-state index contributed by atoms with van der Waals surface area (Å²) in [6.07, 6.45) is 10.1. The fourth-order valence-electron chi connectivity index (χ4n) is 4.43. The molecule has 0 atom stereocenters. The number of carbonyl (C=O) groups is 2. The molecule has 2 fully saturated rings. The smallest absolute Gasteiger partial charge is 0.264 e. The Labute approximate surface area is 168 Å². The summed E-state index contributed by atoms with van der Waals surface area (Å²) in [5.74, 6) is 1.28. The van der Waals surface area contributed by atoms with Gasteiger partial charge in [-0.1, -0.05) is 0 Å². The van der Waals surface area contributed by atoms with Crippen molar-refractivity contribution in [2.45, 2.75) is 57.4 Å². The lowest BCUT2D eigenvalue weighted by Crippen LogP contribution is -2.39. The molecule has 0 unspecified atom stereocenters. The van der Waals surface area contributed by atoms with Gasteiger partial charge in [-0.2, -0.15) is 5.10 Å². The Morgan fingerprint density at radius 1 is 1.11 bits per heavy atom. The lowest BCUT2D eigenvalue weighted by Gasteiger charge is -2.33. The van der Waals surface area contributed by atoms with Gasteiger partial charge in [-0.15, -0.1) is 11.3 Å². The highest BCUT2D eigenvalue weighted by Gasteiger charge is 2.32. The first kappa shape index (κ1) is 17.9. The van der Waals surface area contributed by atoms with Crippen LogP contribution in [0, 0.1) is 5.92 Å². The highest BCUT2D eigenvalue weighted by Crippen LogP contribution is 2.33. The van der Waals surface area contributed by atoms with Crippen molar-refractivity contribution in [2.24, 2.45) is 5.92 Å². The highest BCUT2D eigenvalue weighted by molar-refractivity contribution is 7.12. The Morgan fingerprint density at radius 3 is 2.68 bits per heavy atom. The summed E-state index contributed by atoms with van der Waals surface area (Å²) in [5, 5.41) is 9.66. The maximum Gasteiger partial charge on any atom is 0.264 e. The zero-order valence-corrected chi connectivity index (χ0v) is 16.8. The summed E-state index contributed by atoms with van der Waals surface area (Å²) >= 11 is 1.63. The van der Waals surface area contributed by atoms with Gasteiger partial charge in [-0.3, -0.25) is 9.59 Å². The average molecular weight is 399 g/mol. The first-order valence-electron chi connectivity index (χ1n) is 10.4. The molecule has 0 bridgehead atoms. The maximum atomic E-state index is 13.1. The van der Waals surface area contributed by atoms with Crippen LogP contribution in [0.1, 0.15) is 65.4 Å². The third-order valence-electron chi connectivity index (χ3n) is 6.27. The van der Waals surface area contributed by atoms with Crippen LogP contribution in [-0.2, 0) is 17.6 Å². The first-order chi connectivity index (χ1) is 13.7. The Bertz CT molecular complexity index is 890. The van der Waals surface area contributed by atoms with E-state index < -0.39 is 0 Å². The van der Waals surface area contributed by atoms with E-state index in [0.29, 0.717) is 0 Å². The van der Waals surface area contributed by atoms with E-state index in [0.717, 1.165) is 62.3 Å². The number of thiophene rings is 1. The Morgan fingerprint density at radius 2 is 1.89 bits per heavy atom. The molecule has 2 aromatic heterocycles. The van der Waals surface area contributed by atoms with Crippen LogP contribution in [-0.4, -0.2) is 39.6 Å². The molecule has 1 saturated carbocycles. The number of rotatable bonds is 4. The Balaban J connectivity index is 1.23. The SMILES string of the molecule is O=C(Nc1ccnn1C1CCN(C(=O)c2scc3c2CCCC3)CC1)C1CC1. The third-order valence-corrected chi connectivity index (χ3v) is 7.32. The predicted octanol–water partition coefficient (Wildman–Crippen LogP) is 3.65. The number of carbonyl (C=O) groups excluding carboxylic acids is 2. The molecule has 1 N–H and O–H groups in total. The largest absolute Gasteiger partial charge is 0.338 e. The monoisotopic (exact) mass is 398 g/mol.